The minimum absolute atomic E-state index is 0.00559. The molecule has 0 saturated heterocycles. The van der Waals surface area contributed by atoms with Crippen LogP contribution in [-0.4, -0.2) is 26.6 Å². The van der Waals surface area contributed by atoms with E-state index in [9.17, 15) is 22.7 Å². The number of aromatic hydroxyl groups is 1. The van der Waals surface area contributed by atoms with E-state index in [1.54, 1.807) is 18.2 Å². The molecule has 0 aliphatic rings. The highest BCUT2D eigenvalue weighted by molar-refractivity contribution is 7.90. The summed E-state index contributed by atoms with van der Waals surface area (Å²) in [6, 6.07) is 12.6. The van der Waals surface area contributed by atoms with E-state index in [1.807, 2.05) is 0 Å². The standard InChI is InChI=1S/C19H15FO5S/c1-25-19(22)15-7-6-12(10-17(15)21)11-26(23,24)18-9-8-16(20)13-4-2-3-5-14(13)18/h2-10,21H,11H2,1H3. The van der Waals surface area contributed by atoms with Gasteiger partial charge in [-0.1, -0.05) is 30.3 Å². The lowest BCUT2D eigenvalue weighted by Gasteiger charge is -2.10. The third-order valence-corrected chi connectivity index (χ3v) is 5.73. The Hall–Kier alpha value is -2.93. The lowest BCUT2D eigenvalue weighted by molar-refractivity contribution is 0.0597. The van der Waals surface area contributed by atoms with Crippen LogP contribution in [0, 0.1) is 5.82 Å². The summed E-state index contributed by atoms with van der Waals surface area (Å²) in [4.78, 5) is 11.5. The molecule has 0 saturated carbocycles. The maximum atomic E-state index is 13.9. The van der Waals surface area contributed by atoms with Crippen molar-refractivity contribution in [2.45, 2.75) is 10.6 Å². The van der Waals surface area contributed by atoms with Crippen LogP contribution in [0.1, 0.15) is 15.9 Å². The number of sulfone groups is 1. The van der Waals surface area contributed by atoms with Crippen LogP contribution < -0.4 is 0 Å². The molecule has 5 nitrogen and oxygen atoms in total. The summed E-state index contributed by atoms with van der Waals surface area (Å²) in [5.41, 5.74) is 0.240. The van der Waals surface area contributed by atoms with Crippen LogP contribution in [0.25, 0.3) is 10.8 Å². The van der Waals surface area contributed by atoms with Crippen molar-refractivity contribution in [2.24, 2.45) is 0 Å². The predicted octanol–water partition coefficient (Wildman–Crippen LogP) is 3.45. The third-order valence-electron chi connectivity index (χ3n) is 3.99. The first kappa shape index (κ1) is 17.9. The van der Waals surface area contributed by atoms with Crippen LogP contribution in [0.2, 0.25) is 0 Å². The Morgan fingerprint density at radius 1 is 1.08 bits per heavy atom. The van der Waals surface area contributed by atoms with Gasteiger partial charge in [0.15, 0.2) is 9.84 Å². The fraction of sp³-hybridized carbons (Fsp3) is 0.105. The number of ether oxygens (including phenoxy) is 1. The maximum absolute atomic E-state index is 13.9. The molecule has 0 radical (unpaired) electrons. The Bertz CT molecular complexity index is 1110. The van der Waals surface area contributed by atoms with Gasteiger partial charge in [-0.2, -0.15) is 0 Å². The van der Waals surface area contributed by atoms with E-state index in [2.05, 4.69) is 4.74 Å². The van der Waals surface area contributed by atoms with E-state index in [0.717, 1.165) is 6.07 Å². The molecule has 3 aromatic carbocycles. The van der Waals surface area contributed by atoms with Crippen molar-refractivity contribution in [3.8, 4) is 5.75 Å². The average Bonchev–Trinajstić information content (AvgIpc) is 2.61. The molecule has 7 heteroatoms. The Morgan fingerprint density at radius 2 is 1.77 bits per heavy atom. The van der Waals surface area contributed by atoms with Crippen LogP contribution in [-0.2, 0) is 20.3 Å². The monoisotopic (exact) mass is 374 g/mol. The molecule has 0 bridgehead atoms. The second kappa shape index (κ2) is 6.76. The topological polar surface area (TPSA) is 80.7 Å². The molecule has 3 rings (SSSR count). The van der Waals surface area contributed by atoms with Crippen LogP contribution in [0.4, 0.5) is 4.39 Å². The zero-order valence-corrected chi connectivity index (χ0v) is 14.6. The molecule has 0 fully saturated rings. The summed E-state index contributed by atoms with van der Waals surface area (Å²) in [6.07, 6.45) is 0. The number of rotatable bonds is 4. The highest BCUT2D eigenvalue weighted by Crippen LogP contribution is 2.29. The summed E-state index contributed by atoms with van der Waals surface area (Å²) in [7, 11) is -2.63. The number of esters is 1. The zero-order chi connectivity index (χ0) is 18.9. The van der Waals surface area contributed by atoms with Crippen molar-refractivity contribution >= 4 is 26.6 Å². The molecule has 0 amide bonds. The molecule has 0 aromatic heterocycles. The molecule has 134 valence electrons. The van der Waals surface area contributed by atoms with Gasteiger partial charge in [-0.3, -0.25) is 0 Å². The van der Waals surface area contributed by atoms with Crippen molar-refractivity contribution in [1.29, 1.82) is 0 Å². The largest absolute Gasteiger partial charge is 0.507 e. The number of phenolic OH excluding ortho intramolecular Hbond substituents is 1. The van der Waals surface area contributed by atoms with Gasteiger partial charge >= 0.3 is 5.97 Å². The normalized spacial score (nSPS) is 11.5. The van der Waals surface area contributed by atoms with Crippen molar-refractivity contribution in [3.05, 3.63) is 71.5 Å². The fourth-order valence-electron chi connectivity index (χ4n) is 2.75. The van der Waals surface area contributed by atoms with Gasteiger partial charge in [-0.15, -0.1) is 0 Å². The molecule has 1 N–H and O–H groups in total. The molecule has 3 aromatic rings. The number of methoxy groups -OCH3 is 1. The number of hydrogen-bond acceptors (Lipinski definition) is 5. The van der Waals surface area contributed by atoms with Crippen LogP contribution >= 0.6 is 0 Å². The van der Waals surface area contributed by atoms with Gasteiger partial charge in [-0.25, -0.2) is 17.6 Å². The van der Waals surface area contributed by atoms with Gasteiger partial charge in [0.05, 0.1) is 17.8 Å². The van der Waals surface area contributed by atoms with Gasteiger partial charge < -0.3 is 9.84 Å². The second-order valence-corrected chi connectivity index (χ2v) is 7.65. The molecule has 0 aliphatic heterocycles. The number of benzene rings is 3. The van der Waals surface area contributed by atoms with Gasteiger partial charge in [0.25, 0.3) is 0 Å². The number of fused-ring (bicyclic) bond motifs is 1. The fourth-order valence-corrected chi connectivity index (χ4v) is 4.31. The first-order valence-electron chi connectivity index (χ1n) is 7.63. The summed E-state index contributed by atoms with van der Waals surface area (Å²) in [5, 5.41) is 10.4. The molecular formula is C19H15FO5S. The van der Waals surface area contributed by atoms with Gasteiger partial charge in [0.2, 0.25) is 0 Å². The van der Waals surface area contributed by atoms with Crippen LogP contribution in [0.3, 0.4) is 0 Å². The number of hydrogen-bond donors (Lipinski definition) is 1. The first-order chi connectivity index (χ1) is 12.3. The molecule has 26 heavy (non-hydrogen) atoms. The third kappa shape index (κ3) is 3.25. The van der Waals surface area contributed by atoms with Crippen molar-refractivity contribution in [2.75, 3.05) is 7.11 Å². The molecule has 0 spiro atoms. The van der Waals surface area contributed by atoms with Crippen molar-refractivity contribution in [3.63, 3.8) is 0 Å². The summed E-state index contributed by atoms with van der Waals surface area (Å²) < 4.78 is 44.1. The minimum atomic E-state index is -3.81. The molecule has 0 heterocycles. The highest BCUT2D eigenvalue weighted by atomic mass is 32.2. The predicted molar refractivity (Wildman–Crippen MR) is 94.2 cm³/mol. The average molecular weight is 374 g/mol. The smallest absolute Gasteiger partial charge is 0.341 e. The van der Waals surface area contributed by atoms with E-state index in [0.29, 0.717) is 10.9 Å². The van der Waals surface area contributed by atoms with Gasteiger partial charge in [0.1, 0.15) is 17.1 Å². The van der Waals surface area contributed by atoms with Crippen molar-refractivity contribution < 1.29 is 27.4 Å². The summed E-state index contributed by atoms with van der Waals surface area (Å²) in [5.74, 6) is -1.99. The maximum Gasteiger partial charge on any atom is 0.341 e. The van der Waals surface area contributed by atoms with Gasteiger partial charge in [-0.05, 0) is 29.8 Å². The van der Waals surface area contributed by atoms with Crippen molar-refractivity contribution in [1.82, 2.24) is 0 Å². The number of halogens is 1. The lowest BCUT2D eigenvalue weighted by atomic mass is 10.1. The SMILES string of the molecule is COC(=O)c1ccc(CS(=O)(=O)c2ccc(F)c3ccccc23)cc1O. The highest BCUT2D eigenvalue weighted by Gasteiger charge is 2.21. The van der Waals surface area contributed by atoms with E-state index in [4.69, 9.17) is 0 Å². The summed E-state index contributed by atoms with van der Waals surface area (Å²) in [6.45, 7) is 0. The zero-order valence-electron chi connectivity index (χ0n) is 13.8. The Morgan fingerprint density at radius 3 is 2.42 bits per heavy atom. The molecule has 0 aliphatic carbocycles. The first-order valence-corrected chi connectivity index (χ1v) is 9.29. The number of carbonyl (C=O) groups is 1. The Kier molecular flexibility index (Phi) is 4.65. The van der Waals surface area contributed by atoms with E-state index >= 15 is 0 Å². The molecular weight excluding hydrogens is 359 g/mol. The van der Waals surface area contributed by atoms with E-state index in [-0.39, 0.29) is 21.6 Å². The lowest BCUT2D eigenvalue weighted by Crippen LogP contribution is -2.07. The number of phenols is 1. The molecule has 0 atom stereocenters. The van der Waals surface area contributed by atoms with E-state index < -0.39 is 27.4 Å². The Labute approximate surface area is 149 Å². The van der Waals surface area contributed by atoms with Gasteiger partial charge in [0, 0.05) is 10.8 Å². The van der Waals surface area contributed by atoms with E-state index in [1.165, 1.54) is 37.4 Å². The number of carbonyl (C=O) groups excluding carboxylic acids is 1. The van der Waals surface area contributed by atoms with Crippen LogP contribution in [0.5, 0.6) is 5.75 Å². The molecule has 0 unspecified atom stereocenters. The quantitative estimate of drug-likeness (QED) is 0.559. The Balaban J connectivity index is 2.02. The summed E-state index contributed by atoms with van der Waals surface area (Å²) >= 11 is 0. The minimum Gasteiger partial charge on any atom is -0.507 e. The second-order valence-electron chi connectivity index (χ2n) is 5.69. The van der Waals surface area contributed by atoms with Crippen LogP contribution in [0.15, 0.2) is 59.5 Å².